The summed E-state index contributed by atoms with van der Waals surface area (Å²) in [5.41, 5.74) is 0.455. The summed E-state index contributed by atoms with van der Waals surface area (Å²) in [6, 6.07) is 4.86. The molecule has 0 saturated carbocycles. The van der Waals surface area contributed by atoms with Crippen LogP contribution in [0.2, 0.25) is 0 Å². The van der Waals surface area contributed by atoms with Gasteiger partial charge < -0.3 is 14.2 Å². The molecule has 1 aliphatic carbocycles. The van der Waals surface area contributed by atoms with Crippen molar-refractivity contribution in [3.8, 4) is 0 Å². The maximum atomic E-state index is 12.6. The minimum atomic E-state index is -0.443. The second-order valence-corrected chi connectivity index (χ2v) is 5.29. The molecule has 1 aliphatic rings. The summed E-state index contributed by atoms with van der Waals surface area (Å²) >= 11 is 1.13. The van der Waals surface area contributed by atoms with Crippen LogP contribution in [0.1, 0.15) is 20.7 Å². The van der Waals surface area contributed by atoms with E-state index in [1.165, 1.54) is 21.3 Å². The second-order valence-electron chi connectivity index (χ2n) is 4.27. The Morgan fingerprint density at radius 1 is 1.05 bits per heavy atom. The molecule has 0 aromatic heterocycles. The number of fused-ring (bicyclic) bond motifs is 1. The molecule has 0 heterocycles. The molecule has 22 heavy (non-hydrogen) atoms. The third kappa shape index (κ3) is 2.71. The molecule has 0 atom stereocenters. The van der Waals surface area contributed by atoms with Crippen LogP contribution in [-0.4, -0.2) is 44.6 Å². The Hall–Kier alpha value is -2.28. The number of hydrogen-bond donors (Lipinski definition) is 0. The number of rotatable bonds is 5. The molecule has 0 saturated heterocycles. The van der Waals surface area contributed by atoms with Crippen molar-refractivity contribution >= 4 is 29.3 Å². The average Bonchev–Trinajstić information content (AvgIpc) is 2.55. The molecule has 116 valence electrons. The highest BCUT2D eigenvalue weighted by Crippen LogP contribution is 2.34. The van der Waals surface area contributed by atoms with Crippen molar-refractivity contribution in [1.82, 2.24) is 0 Å². The molecule has 0 aliphatic heterocycles. The van der Waals surface area contributed by atoms with E-state index in [0.717, 1.165) is 11.8 Å². The molecule has 0 N–H and O–H groups in total. The SMILES string of the molecule is COC(=O)CSc1cccc2c1C(=O)C(OC)=C(OC)C2=O. The lowest BCUT2D eigenvalue weighted by molar-refractivity contribution is -0.137. The number of esters is 1. The Labute approximate surface area is 131 Å². The van der Waals surface area contributed by atoms with Gasteiger partial charge in [-0.25, -0.2) is 0 Å². The Morgan fingerprint density at radius 3 is 2.27 bits per heavy atom. The minimum absolute atomic E-state index is 0.0393. The van der Waals surface area contributed by atoms with Gasteiger partial charge in [0.2, 0.25) is 23.1 Å². The van der Waals surface area contributed by atoms with Gasteiger partial charge in [-0.2, -0.15) is 0 Å². The number of carbonyl (C=O) groups excluding carboxylic acids is 3. The lowest BCUT2D eigenvalue weighted by atomic mass is 9.92. The van der Waals surface area contributed by atoms with Crippen molar-refractivity contribution in [2.24, 2.45) is 0 Å². The fourth-order valence-corrected chi connectivity index (χ4v) is 3.00. The number of methoxy groups -OCH3 is 3. The number of carbonyl (C=O) groups is 3. The summed E-state index contributed by atoms with van der Waals surface area (Å²) in [6.45, 7) is 0. The maximum Gasteiger partial charge on any atom is 0.315 e. The van der Waals surface area contributed by atoms with Crippen LogP contribution in [0.25, 0.3) is 0 Å². The van der Waals surface area contributed by atoms with E-state index in [1.54, 1.807) is 18.2 Å². The van der Waals surface area contributed by atoms with Crippen molar-refractivity contribution in [2.45, 2.75) is 4.90 Å². The zero-order valence-electron chi connectivity index (χ0n) is 12.3. The molecule has 0 radical (unpaired) electrons. The van der Waals surface area contributed by atoms with Crippen LogP contribution in [0.4, 0.5) is 0 Å². The third-order valence-electron chi connectivity index (χ3n) is 3.10. The molecule has 2 rings (SSSR count). The highest BCUT2D eigenvalue weighted by molar-refractivity contribution is 8.00. The predicted molar refractivity (Wildman–Crippen MR) is 78.9 cm³/mol. The quantitative estimate of drug-likeness (QED) is 0.604. The maximum absolute atomic E-state index is 12.6. The van der Waals surface area contributed by atoms with E-state index in [-0.39, 0.29) is 28.4 Å². The van der Waals surface area contributed by atoms with Gasteiger partial charge in [0.15, 0.2) is 0 Å². The van der Waals surface area contributed by atoms with Crippen LogP contribution in [0, 0.1) is 0 Å². The van der Waals surface area contributed by atoms with Gasteiger partial charge in [-0.05, 0) is 6.07 Å². The van der Waals surface area contributed by atoms with E-state index in [2.05, 4.69) is 4.74 Å². The topological polar surface area (TPSA) is 78.9 Å². The molecular formula is C15H14O6S. The molecule has 0 amide bonds. The lowest BCUT2D eigenvalue weighted by Gasteiger charge is -2.20. The largest absolute Gasteiger partial charge is 0.489 e. The zero-order chi connectivity index (χ0) is 16.3. The van der Waals surface area contributed by atoms with Gasteiger partial charge in [-0.3, -0.25) is 14.4 Å². The fourth-order valence-electron chi connectivity index (χ4n) is 2.08. The molecule has 7 heteroatoms. The van der Waals surface area contributed by atoms with Crippen molar-refractivity contribution in [3.63, 3.8) is 0 Å². The highest BCUT2D eigenvalue weighted by atomic mass is 32.2. The number of benzene rings is 1. The monoisotopic (exact) mass is 322 g/mol. The fraction of sp³-hybridized carbons (Fsp3) is 0.267. The van der Waals surface area contributed by atoms with E-state index >= 15 is 0 Å². The van der Waals surface area contributed by atoms with Gasteiger partial charge in [-0.15, -0.1) is 11.8 Å². The Balaban J connectivity index is 2.48. The Kier molecular flexibility index (Phi) is 4.87. The summed E-state index contributed by atoms with van der Waals surface area (Å²) < 4.78 is 14.6. The molecular weight excluding hydrogens is 308 g/mol. The first-order chi connectivity index (χ1) is 10.5. The highest BCUT2D eigenvalue weighted by Gasteiger charge is 2.36. The van der Waals surface area contributed by atoms with E-state index in [9.17, 15) is 14.4 Å². The number of thioether (sulfide) groups is 1. The van der Waals surface area contributed by atoms with Crippen LogP contribution >= 0.6 is 11.8 Å². The van der Waals surface area contributed by atoms with Gasteiger partial charge >= 0.3 is 5.97 Å². The van der Waals surface area contributed by atoms with E-state index < -0.39 is 17.5 Å². The number of ketones is 2. The van der Waals surface area contributed by atoms with Crippen LogP contribution < -0.4 is 0 Å². The first-order valence-electron chi connectivity index (χ1n) is 6.29. The van der Waals surface area contributed by atoms with Crippen LogP contribution in [0.3, 0.4) is 0 Å². The molecule has 0 fully saturated rings. The second kappa shape index (κ2) is 6.65. The predicted octanol–water partition coefficient (Wildman–Crippen LogP) is 1.84. The van der Waals surface area contributed by atoms with Crippen LogP contribution in [0.15, 0.2) is 34.6 Å². The molecule has 6 nitrogen and oxygen atoms in total. The number of allylic oxidation sites excluding steroid dienone is 2. The first kappa shape index (κ1) is 16.1. The van der Waals surface area contributed by atoms with Crippen LogP contribution in [-0.2, 0) is 19.0 Å². The summed E-state index contributed by atoms with van der Waals surface area (Å²) in [7, 11) is 3.89. The minimum Gasteiger partial charge on any atom is -0.489 e. The molecule has 0 unspecified atom stereocenters. The normalized spacial score (nSPS) is 13.8. The summed E-state index contributed by atoms with van der Waals surface area (Å²) in [4.78, 5) is 36.7. The standard InChI is InChI=1S/C15H14O6S/c1-19-10(16)7-22-9-6-4-5-8-11(9)13(18)15(21-3)14(20-2)12(8)17/h4-6H,7H2,1-3H3. The zero-order valence-corrected chi connectivity index (χ0v) is 13.1. The van der Waals surface area contributed by atoms with E-state index in [1.807, 2.05) is 0 Å². The summed E-state index contributed by atoms with van der Waals surface area (Å²) in [6.07, 6.45) is 0. The third-order valence-corrected chi connectivity index (χ3v) is 4.13. The Morgan fingerprint density at radius 2 is 1.68 bits per heavy atom. The average molecular weight is 322 g/mol. The number of Topliss-reactive ketones (excluding diaryl/α,β-unsaturated/α-hetero) is 2. The van der Waals surface area contributed by atoms with Crippen molar-refractivity contribution in [1.29, 1.82) is 0 Å². The Bertz CT molecular complexity index is 677. The summed E-state index contributed by atoms with van der Waals surface area (Å²) in [5.74, 6) is -1.49. The van der Waals surface area contributed by atoms with Gasteiger partial charge in [0, 0.05) is 10.5 Å². The van der Waals surface area contributed by atoms with E-state index in [0.29, 0.717) is 4.90 Å². The molecule has 1 aromatic rings. The number of hydrogen-bond acceptors (Lipinski definition) is 7. The van der Waals surface area contributed by atoms with Gasteiger partial charge in [-0.1, -0.05) is 12.1 Å². The first-order valence-corrected chi connectivity index (χ1v) is 7.28. The lowest BCUT2D eigenvalue weighted by Crippen LogP contribution is -2.24. The van der Waals surface area contributed by atoms with Crippen molar-refractivity contribution in [3.05, 3.63) is 40.8 Å². The van der Waals surface area contributed by atoms with Crippen molar-refractivity contribution < 1.29 is 28.6 Å². The molecule has 0 spiro atoms. The van der Waals surface area contributed by atoms with Crippen molar-refractivity contribution in [2.75, 3.05) is 27.1 Å². The van der Waals surface area contributed by atoms with E-state index in [4.69, 9.17) is 9.47 Å². The van der Waals surface area contributed by atoms with Gasteiger partial charge in [0.05, 0.1) is 32.6 Å². The van der Waals surface area contributed by atoms with Gasteiger partial charge in [0.1, 0.15) is 0 Å². The van der Waals surface area contributed by atoms with Gasteiger partial charge in [0.25, 0.3) is 0 Å². The molecule has 1 aromatic carbocycles. The smallest absolute Gasteiger partial charge is 0.315 e. The van der Waals surface area contributed by atoms with Crippen LogP contribution in [0.5, 0.6) is 0 Å². The molecule has 0 bridgehead atoms. The number of ether oxygens (including phenoxy) is 3. The summed E-state index contributed by atoms with van der Waals surface area (Å²) in [5, 5.41) is 0.